The van der Waals surface area contributed by atoms with Crippen molar-refractivity contribution in [3.63, 3.8) is 0 Å². The van der Waals surface area contributed by atoms with Crippen LogP contribution in [0.2, 0.25) is 0 Å². The van der Waals surface area contributed by atoms with E-state index in [0.717, 1.165) is 5.56 Å². The van der Waals surface area contributed by atoms with Crippen LogP contribution in [0.25, 0.3) is 0 Å². The van der Waals surface area contributed by atoms with Gasteiger partial charge in [-0.1, -0.05) is 12.1 Å². The van der Waals surface area contributed by atoms with Gasteiger partial charge in [-0.15, -0.1) is 0 Å². The van der Waals surface area contributed by atoms with Crippen molar-refractivity contribution in [3.8, 4) is 0 Å². The highest BCUT2D eigenvalue weighted by atomic mass is 32.2. The summed E-state index contributed by atoms with van der Waals surface area (Å²) in [7, 11) is 0. The molecule has 0 aliphatic heterocycles. The van der Waals surface area contributed by atoms with Crippen molar-refractivity contribution in [3.05, 3.63) is 28.8 Å². The highest BCUT2D eigenvalue weighted by Crippen LogP contribution is 2.40. The van der Waals surface area contributed by atoms with Crippen LogP contribution in [0.4, 0.5) is 13.2 Å². The summed E-state index contributed by atoms with van der Waals surface area (Å²) in [6, 6.07) is 3.56. The van der Waals surface area contributed by atoms with Crippen molar-refractivity contribution < 1.29 is 13.2 Å². The second-order valence-corrected chi connectivity index (χ2v) is 4.28. The van der Waals surface area contributed by atoms with Gasteiger partial charge in [-0.25, -0.2) is 0 Å². The van der Waals surface area contributed by atoms with Crippen LogP contribution < -0.4 is 0 Å². The van der Waals surface area contributed by atoms with Gasteiger partial charge in [-0.2, -0.15) is 13.2 Å². The zero-order valence-corrected chi connectivity index (χ0v) is 9.01. The molecule has 14 heavy (non-hydrogen) atoms. The Morgan fingerprint density at radius 2 is 1.50 bits per heavy atom. The molecule has 1 rings (SSSR count). The minimum Gasteiger partial charge on any atom is -0.160 e. The van der Waals surface area contributed by atoms with E-state index < -0.39 is 5.51 Å². The zero-order valence-electron chi connectivity index (χ0n) is 8.20. The van der Waals surface area contributed by atoms with Gasteiger partial charge < -0.3 is 0 Å². The van der Waals surface area contributed by atoms with E-state index in [-0.39, 0.29) is 11.8 Å². The van der Waals surface area contributed by atoms with E-state index in [0.29, 0.717) is 16.0 Å². The van der Waals surface area contributed by atoms with E-state index in [1.807, 2.05) is 13.0 Å². The standard InChI is InChI=1S/C10H11F3S/c1-6-4-5-7(2)9(8(6)3)14-10(11,12)13/h4-5H,1-3H3. The molecule has 1 aromatic carbocycles. The van der Waals surface area contributed by atoms with Crippen molar-refractivity contribution in [2.24, 2.45) is 0 Å². The van der Waals surface area contributed by atoms with Gasteiger partial charge in [0, 0.05) is 4.90 Å². The lowest BCUT2D eigenvalue weighted by atomic mass is 10.1. The monoisotopic (exact) mass is 220 g/mol. The fraction of sp³-hybridized carbons (Fsp3) is 0.400. The van der Waals surface area contributed by atoms with Crippen LogP contribution in [-0.2, 0) is 0 Å². The number of benzene rings is 1. The molecule has 0 atom stereocenters. The predicted molar refractivity (Wildman–Crippen MR) is 52.6 cm³/mol. The highest BCUT2D eigenvalue weighted by Gasteiger charge is 2.30. The topological polar surface area (TPSA) is 0 Å². The number of alkyl halides is 3. The molecule has 0 fully saturated rings. The first kappa shape index (κ1) is 11.4. The van der Waals surface area contributed by atoms with Gasteiger partial charge in [-0.05, 0) is 49.2 Å². The minimum absolute atomic E-state index is 0.0319. The van der Waals surface area contributed by atoms with Gasteiger partial charge in [0.1, 0.15) is 0 Å². The van der Waals surface area contributed by atoms with Crippen molar-refractivity contribution in [1.29, 1.82) is 0 Å². The number of thioether (sulfide) groups is 1. The van der Waals surface area contributed by atoms with Crippen molar-refractivity contribution in [2.75, 3.05) is 0 Å². The number of rotatable bonds is 1. The summed E-state index contributed by atoms with van der Waals surface area (Å²) < 4.78 is 36.6. The Bertz CT molecular complexity index is 342. The largest absolute Gasteiger partial charge is 0.446 e. The molecule has 0 spiro atoms. The van der Waals surface area contributed by atoms with Crippen LogP contribution in [0, 0.1) is 20.8 Å². The van der Waals surface area contributed by atoms with Gasteiger partial charge in [0.05, 0.1) is 0 Å². The fourth-order valence-corrected chi connectivity index (χ4v) is 1.97. The summed E-state index contributed by atoms with van der Waals surface area (Å²) >= 11 is -0.0319. The van der Waals surface area contributed by atoms with Gasteiger partial charge in [0.25, 0.3) is 0 Å². The molecule has 0 aliphatic rings. The summed E-state index contributed by atoms with van der Waals surface area (Å²) in [5.74, 6) is 0. The Kier molecular flexibility index (Phi) is 3.14. The second-order valence-electron chi connectivity index (χ2n) is 3.20. The maximum absolute atomic E-state index is 12.2. The quantitative estimate of drug-likeness (QED) is 0.638. The Balaban J connectivity index is 3.13. The molecule has 0 unspecified atom stereocenters. The average molecular weight is 220 g/mol. The lowest BCUT2D eigenvalue weighted by Gasteiger charge is -2.13. The van der Waals surface area contributed by atoms with E-state index in [1.165, 1.54) is 0 Å². The molecule has 0 heterocycles. The third-order valence-electron chi connectivity index (χ3n) is 2.09. The fourth-order valence-electron chi connectivity index (χ4n) is 1.20. The Morgan fingerprint density at radius 3 is 2.00 bits per heavy atom. The summed E-state index contributed by atoms with van der Waals surface area (Å²) in [5, 5.41) is 0. The average Bonchev–Trinajstić information content (AvgIpc) is 2.04. The molecular weight excluding hydrogens is 209 g/mol. The van der Waals surface area contributed by atoms with E-state index in [2.05, 4.69) is 0 Å². The first-order valence-corrected chi connectivity index (χ1v) is 4.95. The maximum Gasteiger partial charge on any atom is 0.446 e. The van der Waals surface area contributed by atoms with Gasteiger partial charge >= 0.3 is 5.51 Å². The predicted octanol–water partition coefficient (Wildman–Crippen LogP) is 4.22. The molecule has 0 aliphatic carbocycles. The van der Waals surface area contributed by atoms with Crippen LogP contribution in [-0.4, -0.2) is 5.51 Å². The Labute approximate surface area is 85.5 Å². The van der Waals surface area contributed by atoms with Crippen LogP contribution in [0.1, 0.15) is 16.7 Å². The molecular formula is C10H11F3S. The smallest absolute Gasteiger partial charge is 0.160 e. The molecule has 0 amide bonds. The van der Waals surface area contributed by atoms with Crippen molar-refractivity contribution in [2.45, 2.75) is 31.2 Å². The molecule has 0 bridgehead atoms. The summed E-state index contributed by atoms with van der Waals surface area (Å²) in [4.78, 5) is 0.331. The third kappa shape index (κ3) is 2.67. The molecule has 0 nitrogen and oxygen atoms in total. The lowest BCUT2D eigenvalue weighted by Crippen LogP contribution is -2.02. The highest BCUT2D eigenvalue weighted by molar-refractivity contribution is 8.00. The number of halogens is 3. The zero-order chi connectivity index (χ0) is 10.9. The number of hydrogen-bond acceptors (Lipinski definition) is 1. The summed E-state index contributed by atoms with van der Waals surface area (Å²) in [6.45, 7) is 5.23. The Morgan fingerprint density at radius 1 is 1.00 bits per heavy atom. The lowest BCUT2D eigenvalue weighted by molar-refractivity contribution is -0.0328. The SMILES string of the molecule is Cc1ccc(C)c(SC(F)(F)F)c1C. The third-order valence-corrected chi connectivity index (χ3v) is 3.16. The van der Waals surface area contributed by atoms with Gasteiger partial charge in [0.15, 0.2) is 0 Å². The van der Waals surface area contributed by atoms with Crippen molar-refractivity contribution >= 4 is 11.8 Å². The van der Waals surface area contributed by atoms with Crippen LogP contribution in [0.15, 0.2) is 17.0 Å². The van der Waals surface area contributed by atoms with E-state index >= 15 is 0 Å². The summed E-state index contributed by atoms with van der Waals surface area (Å²) in [5.41, 5.74) is -1.92. The molecule has 0 radical (unpaired) electrons. The molecule has 0 saturated carbocycles. The van der Waals surface area contributed by atoms with Crippen LogP contribution in [0.5, 0.6) is 0 Å². The van der Waals surface area contributed by atoms with Crippen LogP contribution in [0.3, 0.4) is 0 Å². The molecule has 4 heteroatoms. The second kappa shape index (κ2) is 3.85. The van der Waals surface area contributed by atoms with E-state index in [9.17, 15) is 13.2 Å². The van der Waals surface area contributed by atoms with Gasteiger partial charge in [-0.3, -0.25) is 0 Å². The van der Waals surface area contributed by atoms with Crippen LogP contribution >= 0.6 is 11.8 Å². The Hall–Kier alpha value is -0.640. The molecule has 0 aromatic heterocycles. The number of aryl methyl sites for hydroxylation is 2. The maximum atomic E-state index is 12.2. The molecule has 1 aromatic rings. The molecule has 0 saturated heterocycles. The first-order valence-electron chi connectivity index (χ1n) is 4.14. The van der Waals surface area contributed by atoms with Gasteiger partial charge in [0.2, 0.25) is 0 Å². The summed E-state index contributed by atoms with van der Waals surface area (Å²) in [6.07, 6.45) is 0. The molecule has 78 valence electrons. The van der Waals surface area contributed by atoms with E-state index in [4.69, 9.17) is 0 Å². The number of hydrogen-bond donors (Lipinski definition) is 0. The van der Waals surface area contributed by atoms with E-state index in [1.54, 1.807) is 19.9 Å². The van der Waals surface area contributed by atoms with Crippen molar-refractivity contribution in [1.82, 2.24) is 0 Å². The first-order chi connectivity index (χ1) is 6.31. The normalized spacial score (nSPS) is 11.9. The molecule has 0 N–H and O–H groups in total. The minimum atomic E-state index is -4.21.